The molecule has 0 unspecified atom stereocenters. The SMILES string of the molecule is CNc1ncc(F)cc1C(=O)N1CCC(CN(C)C)CC1. The van der Waals surface area contributed by atoms with Crippen molar-refractivity contribution < 1.29 is 9.18 Å². The summed E-state index contributed by atoms with van der Waals surface area (Å²) in [6.45, 7) is 2.49. The molecular formula is C15H23FN4O. The van der Waals surface area contributed by atoms with Crippen molar-refractivity contribution >= 4 is 11.7 Å². The van der Waals surface area contributed by atoms with Gasteiger partial charge >= 0.3 is 0 Å². The van der Waals surface area contributed by atoms with Crippen LogP contribution in [0, 0.1) is 11.7 Å². The summed E-state index contributed by atoms with van der Waals surface area (Å²) in [5.74, 6) is 0.421. The van der Waals surface area contributed by atoms with Gasteiger partial charge in [0, 0.05) is 26.7 Å². The van der Waals surface area contributed by atoms with Crippen LogP contribution in [-0.4, -0.2) is 61.5 Å². The van der Waals surface area contributed by atoms with E-state index in [1.807, 2.05) is 0 Å². The van der Waals surface area contributed by atoms with Gasteiger partial charge in [-0.05, 0) is 38.9 Å². The second kappa shape index (κ2) is 6.85. The van der Waals surface area contributed by atoms with Crippen molar-refractivity contribution in [2.45, 2.75) is 12.8 Å². The van der Waals surface area contributed by atoms with Crippen molar-refractivity contribution in [1.29, 1.82) is 0 Å². The summed E-state index contributed by atoms with van der Waals surface area (Å²) < 4.78 is 13.3. The Morgan fingerprint density at radius 3 is 2.71 bits per heavy atom. The molecule has 1 N–H and O–H groups in total. The van der Waals surface area contributed by atoms with E-state index in [1.165, 1.54) is 6.07 Å². The Morgan fingerprint density at radius 1 is 1.48 bits per heavy atom. The summed E-state index contributed by atoms with van der Waals surface area (Å²) in [7, 11) is 5.81. The molecule has 0 spiro atoms. The zero-order chi connectivity index (χ0) is 15.4. The van der Waals surface area contributed by atoms with Crippen molar-refractivity contribution in [1.82, 2.24) is 14.8 Å². The number of hydrogen-bond acceptors (Lipinski definition) is 4. The minimum absolute atomic E-state index is 0.144. The first-order valence-electron chi connectivity index (χ1n) is 7.28. The fourth-order valence-corrected chi connectivity index (χ4v) is 2.81. The van der Waals surface area contributed by atoms with Crippen LogP contribution in [0.25, 0.3) is 0 Å². The zero-order valence-corrected chi connectivity index (χ0v) is 12.9. The third kappa shape index (κ3) is 3.91. The number of nitrogens with zero attached hydrogens (tertiary/aromatic N) is 3. The maximum atomic E-state index is 13.3. The van der Waals surface area contributed by atoms with Crippen molar-refractivity contribution in [3.8, 4) is 0 Å². The number of likely N-dealkylation sites (tertiary alicyclic amines) is 1. The number of carbonyl (C=O) groups is 1. The van der Waals surface area contributed by atoms with Crippen LogP contribution >= 0.6 is 0 Å². The van der Waals surface area contributed by atoms with Gasteiger partial charge in [-0.3, -0.25) is 4.79 Å². The summed E-state index contributed by atoms with van der Waals surface area (Å²) in [4.78, 5) is 20.4. The molecule has 1 amide bonds. The molecule has 1 aromatic rings. The first-order valence-corrected chi connectivity index (χ1v) is 7.28. The topological polar surface area (TPSA) is 48.5 Å². The summed E-state index contributed by atoms with van der Waals surface area (Å²) in [6, 6.07) is 1.26. The minimum Gasteiger partial charge on any atom is -0.372 e. The van der Waals surface area contributed by atoms with Gasteiger partial charge in [-0.1, -0.05) is 0 Å². The first kappa shape index (κ1) is 15.7. The average molecular weight is 294 g/mol. The molecule has 2 rings (SSSR count). The molecule has 2 heterocycles. The van der Waals surface area contributed by atoms with E-state index in [-0.39, 0.29) is 5.91 Å². The number of pyridine rings is 1. The number of aromatic nitrogens is 1. The molecule has 116 valence electrons. The van der Waals surface area contributed by atoms with Gasteiger partial charge in [0.05, 0.1) is 11.8 Å². The molecule has 1 aromatic heterocycles. The smallest absolute Gasteiger partial charge is 0.257 e. The molecule has 1 aliphatic heterocycles. The summed E-state index contributed by atoms with van der Waals surface area (Å²) in [5.41, 5.74) is 0.309. The zero-order valence-electron chi connectivity index (χ0n) is 12.9. The van der Waals surface area contributed by atoms with Gasteiger partial charge in [0.15, 0.2) is 0 Å². The molecular weight excluding hydrogens is 271 g/mol. The number of hydrogen-bond donors (Lipinski definition) is 1. The van der Waals surface area contributed by atoms with Crippen LogP contribution in [0.15, 0.2) is 12.3 Å². The highest BCUT2D eigenvalue weighted by Crippen LogP contribution is 2.22. The number of amides is 1. The lowest BCUT2D eigenvalue weighted by atomic mass is 9.96. The molecule has 21 heavy (non-hydrogen) atoms. The molecule has 5 nitrogen and oxygen atoms in total. The van der Waals surface area contributed by atoms with E-state index in [2.05, 4.69) is 29.3 Å². The Labute approximate surface area is 125 Å². The lowest BCUT2D eigenvalue weighted by Crippen LogP contribution is -2.40. The van der Waals surface area contributed by atoms with Crippen LogP contribution in [0.4, 0.5) is 10.2 Å². The Kier molecular flexibility index (Phi) is 5.12. The summed E-state index contributed by atoms with van der Waals surface area (Å²) >= 11 is 0. The Bertz CT molecular complexity index is 498. The second-order valence-electron chi connectivity index (χ2n) is 5.80. The maximum absolute atomic E-state index is 13.3. The molecule has 0 aromatic carbocycles. The molecule has 0 aliphatic carbocycles. The molecule has 1 aliphatic rings. The van der Waals surface area contributed by atoms with E-state index in [4.69, 9.17) is 0 Å². The third-order valence-corrected chi connectivity index (χ3v) is 3.85. The van der Waals surface area contributed by atoms with E-state index in [1.54, 1.807) is 11.9 Å². The van der Waals surface area contributed by atoms with Crippen molar-refractivity contribution in [2.24, 2.45) is 5.92 Å². The standard InChI is InChI=1S/C15H23FN4O/c1-17-14-13(8-12(16)9-18-14)15(21)20-6-4-11(5-7-20)10-19(2)3/h8-9,11H,4-7,10H2,1-3H3,(H,17,18). The van der Waals surface area contributed by atoms with Crippen LogP contribution in [0.2, 0.25) is 0 Å². The van der Waals surface area contributed by atoms with Crippen LogP contribution < -0.4 is 5.32 Å². The van der Waals surface area contributed by atoms with E-state index < -0.39 is 5.82 Å². The molecule has 1 fully saturated rings. The van der Waals surface area contributed by atoms with Gasteiger partial charge in [-0.25, -0.2) is 9.37 Å². The van der Waals surface area contributed by atoms with E-state index in [0.29, 0.717) is 17.3 Å². The Balaban J connectivity index is 2.03. The van der Waals surface area contributed by atoms with E-state index >= 15 is 0 Å². The molecule has 0 saturated carbocycles. The van der Waals surface area contributed by atoms with Crippen LogP contribution in [0.3, 0.4) is 0 Å². The van der Waals surface area contributed by atoms with Crippen molar-refractivity contribution in [2.75, 3.05) is 46.1 Å². The molecule has 6 heteroatoms. The second-order valence-corrected chi connectivity index (χ2v) is 5.80. The Morgan fingerprint density at radius 2 is 2.14 bits per heavy atom. The molecule has 0 radical (unpaired) electrons. The highest BCUT2D eigenvalue weighted by Gasteiger charge is 2.25. The average Bonchev–Trinajstić information content (AvgIpc) is 2.46. The number of carbonyl (C=O) groups excluding carboxylic acids is 1. The Hall–Kier alpha value is -1.69. The van der Waals surface area contributed by atoms with Gasteiger partial charge in [-0.2, -0.15) is 0 Å². The third-order valence-electron chi connectivity index (χ3n) is 3.85. The first-order chi connectivity index (χ1) is 10.0. The quantitative estimate of drug-likeness (QED) is 0.918. The number of rotatable bonds is 4. The number of piperidine rings is 1. The van der Waals surface area contributed by atoms with Gasteiger partial charge in [-0.15, -0.1) is 0 Å². The number of halogens is 1. The highest BCUT2D eigenvalue weighted by atomic mass is 19.1. The largest absolute Gasteiger partial charge is 0.372 e. The summed E-state index contributed by atoms with van der Waals surface area (Å²) in [6.07, 6.45) is 3.09. The van der Waals surface area contributed by atoms with E-state index in [0.717, 1.165) is 38.7 Å². The predicted molar refractivity (Wildman–Crippen MR) is 80.9 cm³/mol. The fourth-order valence-electron chi connectivity index (χ4n) is 2.81. The minimum atomic E-state index is -0.486. The molecule has 0 bridgehead atoms. The normalized spacial score (nSPS) is 16.3. The molecule has 1 saturated heterocycles. The van der Waals surface area contributed by atoms with Crippen molar-refractivity contribution in [3.05, 3.63) is 23.6 Å². The van der Waals surface area contributed by atoms with Crippen LogP contribution in [-0.2, 0) is 0 Å². The predicted octanol–water partition coefficient (Wildman–Crippen LogP) is 1.68. The van der Waals surface area contributed by atoms with E-state index in [9.17, 15) is 9.18 Å². The lowest BCUT2D eigenvalue weighted by molar-refractivity contribution is 0.0678. The molecule has 0 atom stereocenters. The monoisotopic (exact) mass is 294 g/mol. The van der Waals surface area contributed by atoms with Crippen molar-refractivity contribution in [3.63, 3.8) is 0 Å². The lowest BCUT2D eigenvalue weighted by Gasteiger charge is -2.33. The van der Waals surface area contributed by atoms with Gasteiger partial charge in [0.1, 0.15) is 11.6 Å². The van der Waals surface area contributed by atoms with Gasteiger partial charge in [0.25, 0.3) is 5.91 Å². The highest BCUT2D eigenvalue weighted by molar-refractivity contribution is 5.98. The van der Waals surface area contributed by atoms with Crippen LogP contribution in [0.5, 0.6) is 0 Å². The summed E-state index contributed by atoms with van der Waals surface area (Å²) in [5, 5.41) is 2.85. The van der Waals surface area contributed by atoms with Gasteiger partial charge in [0.2, 0.25) is 0 Å². The van der Waals surface area contributed by atoms with Crippen LogP contribution in [0.1, 0.15) is 23.2 Å². The number of anilines is 1. The van der Waals surface area contributed by atoms with Gasteiger partial charge < -0.3 is 15.1 Å². The fraction of sp³-hybridized carbons (Fsp3) is 0.600. The number of nitrogens with one attached hydrogen (secondary N) is 1. The maximum Gasteiger partial charge on any atom is 0.257 e.